The van der Waals surface area contributed by atoms with Gasteiger partial charge in [0.05, 0.1) is 0 Å². The standard InChI is InChI=1S/C9H18O3Si/c1-6(10)8(9(11)12)7(2)13(3,4)5/h7-8H,1-5H3,(H,11,12). The number of hydrogen-bond donors (Lipinski definition) is 1. The Morgan fingerprint density at radius 2 is 1.62 bits per heavy atom. The van der Waals surface area contributed by atoms with E-state index in [1.165, 1.54) is 6.92 Å². The summed E-state index contributed by atoms with van der Waals surface area (Å²) < 4.78 is 0. The average molecular weight is 202 g/mol. The molecule has 0 saturated heterocycles. The summed E-state index contributed by atoms with van der Waals surface area (Å²) in [5.41, 5.74) is -0.0116. The van der Waals surface area contributed by atoms with Crippen LogP contribution in [0.1, 0.15) is 13.8 Å². The highest BCUT2D eigenvalue weighted by Crippen LogP contribution is 2.30. The van der Waals surface area contributed by atoms with Gasteiger partial charge in [-0.25, -0.2) is 0 Å². The Kier molecular flexibility index (Phi) is 3.84. The Labute approximate surface area is 80.2 Å². The van der Waals surface area contributed by atoms with Crippen molar-refractivity contribution in [1.82, 2.24) is 0 Å². The molecule has 0 aromatic carbocycles. The maximum atomic E-state index is 11.1. The number of carbonyl (C=O) groups excluding carboxylic acids is 1. The van der Waals surface area contributed by atoms with Crippen LogP contribution in [0.2, 0.25) is 25.2 Å². The third-order valence-corrected chi connectivity index (χ3v) is 5.64. The van der Waals surface area contributed by atoms with Crippen molar-refractivity contribution in [2.24, 2.45) is 5.92 Å². The van der Waals surface area contributed by atoms with Crippen molar-refractivity contribution in [3.63, 3.8) is 0 Å². The van der Waals surface area contributed by atoms with Gasteiger partial charge in [-0.1, -0.05) is 26.6 Å². The number of aliphatic carboxylic acids is 1. The number of carbonyl (C=O) groups is 2. The van der Waals surface area contributed by atoms with Crippen LogP contribution in [0.25, 0.3) is 0 Å². The van der Waals surface area contributed by atoms with Crippen molar-refractivity contribution in [2.75, 3.05) is 0 Å². The molecule has 0 amide bonds. The third kappa shape index (κ3) is 3.30. The minimum Gasteiger partial charge on any atom is -0.481 e. The molecule has 0 saturated carbocycles. The zero-order chi connectivity index (χ0) is 10.8. The summed E-state index contributed by atoms with van der Waals surface area (Å²) in [6.07, 6.45) is 0. The van der Waals surface area contributed by atoms with Gasteiger partial charge in [0.2, 0.25) is 0 Å². The van der Waals surface area contributed by atoms with Gasteiger partial charge < -0.3 is 5.11 Å². The van der Waals surface area contributed by atoms with Crippen LogP contribution in [0.15, 0.2) is 0 Å². The largest absolute Gasteiger partial charge is 0.481 e. The number of carboxylic acid groups (broad SMARTS) is 1. The Hall–Kier alpha value is -0.643. The molecule has 0 aromatic rings. The first-order chi connectivity index (χ1) is 5.68. The summed E-state index contributed by atoms with van der Waals surface area (Å²) in [7, 11) is -1.55. The fourth-order valence-electron chi connectivity index (χ4n) is 1.24. The summed E-state index contributed by atoms with van der Waals surface area (Å²) in [4.78, 5) is 21.9. The van der Waals surface area contributed by atoms with E-state index in [-0.39, 0.29) is 11.3 Å². The molecule has 2 atom stereocenters. The number of Topliss-reactive ketones (excluding diaryl/α,β-unsaturated/α-hetero) is 1. The van der Waals surface area contributed by atoms with Crippen molar-refractivity contribution in [3.8, 4) is 0 Å². The quantitative estimate of drug-likeness (QED) is 0.560. The molecule has 0 bridgehead atoms. The Bertz CT molecular complexity index is 203. The van der Waals surface area contributed by atoms with Crippen LogP contribution in [0.4, 0.5) is 0 Å². The van der Waals surface area contributed by atoms with E-state index >= 15 is 0 Å². The van der Waals surface area contributed by atoms with Gasteiger partial charge in [-0.2, -0.15) is 0 Å². The van der Waals surface area contributed by atoms with E-state index in [9.17, 15) is 9.59 Å². The van der Waals surface area contributed by atoms with Crippen LogP contribution in [0, 0.1) is 5.92 Å². The molecule has 2 unspecified atom stereocenters. The summed E-state index contributed by atoms with van der Waals surface area (Å²) in [5.74, 6) is -2.03. The van der Waals surface area contributed by atoms with E-state index in [4.69, 9.17) is 5.11 Å². The molecule has 0 heterocycles. The Morgan fingerprint density at radius 1 is 1.23 bits per heavy atom. The van der Waals surface area contributed by atoms with Crippen molar-refractivity contribution in [3.05, 3.63) is 0 Å². The molecule has 0 rings (SSSR count). The third-order valence-electron chi connectivity index (χ3n) is 2.57. The lowest BCUT2D eigenvalue weighted by Gasteiger charge is -2.28. The first-order valence-corrected chi connectivity index (χ1v) is 7.99. The molecule has 0 radical (unpaired) electrons. The summed E-state index contributed by atoms with van der Waals surface area (Å²) in [5, 5.41) is 8.88. The zero-order valence-electron chi connectivity index (χ0n) is 8.92. The molecule has 0 aliphatic carbocycles. The van der Waals surface area contributed by atoms with E-state index in [2.05, 4.69) is 19.6 Å². The van der Waals surface area contributed by atoms with Gasteiger partial charge >= 0.3 is 5.97 Å². The number of rotatable bonds is 4. The maximum Gasteiger partial charge on any atom is 0.314 e. The predicted molar refractivity (Wildman–Crippen MR) is 54.6 cm³/mol. The summed E-state index contributed by atoms with van der Waals surface area (Å²) >= 11 is 0. The Morgan fingerprint density at radius 3 is 1.69 bits per heavy atom. The zero-order valence-corrected chi connectivity index (χ0v) is 9.92. The molecular weight excluding hydrogens is 184 g/mol. The number of hydrogen-bond acceptors (Lipinski definition) is 2. The van der Waals surface area contributed by atoms with Gasteiger partial charge in [-0.05, 0) is 12.5 Å². The van der Waals surface area contributed by atoms with Crippen LogP contribution >= 0.6 is 0 Å². The van der Waals surface area contributed by atoms with E-state index in [0.29, 0.717) is 0 Å². The molecule has 76 valence electrons. The molecule has 13 heavy (non-hydrogen) atoms. The number of ketones is 1. The van der Waals surface area contributed by atoms with Crippen LogP contribution in [-0.4, -0.2) is 24.9 Å². The normalized spacial score (nSPS) is 16.4. The molecule has 0 spiro atoms. The fourth-order valence-corrected chi connectivity index (χ4v) is 2.62. The number of carboxylic acids is 1. The second-order valence-corrected chi connectivity index (χ2v) is 10.2. The molecule has 0 aliphatic heterocycles. The maximum absolute atomic E-state index is 11.1. The SMILES string of the molecule is CC(=O)C(C(=O)O)C(C)[Si](C)(C)C. The van der Waals surface area contributed by atoms with E-state index in [0.717, 1.165) is 0 Å². The van der Waals surface area contributed by atoms with Crippen molar-refractivity contribution in [1.29, 1.82) is 0 Å². The molecule has 3 nitrogen and oxygen atoms in total. The topological polar surface area (TPSA) is 54.4 Å². The smallest absolute Gasteiger partial charge is 0.314 e. The average Bonchev–Trinajstić information content (AvgIpc) is 1.82. The van der Waals surface area contributed by atoms with Gasteiger partial charge in [0.25, 0.3) is 0 Å². The lowest BCUT2D eigenvalue weighted by molar-refractivity contribution is -0.145. The van der Waals surface area contributed by atoms with Gasteiger partial charge in [0.1, 0.15) is 11.7 Å². The molecule has 0 aromatic heterocycles. The molecule has 1 N–H and O–H groups in total. The second kappa shape index (κ2) is 4.04. The van der Waals surface area contributed by atoms with Crippen LogP contribution in [-0.2, 0) is 9.59 Å². The van der Waals surface area contributed by atoms with E-state index < -0.39 is 20.0 Å². The first-order valence-electron chi connectivity index (χ1n) is 4.41. The van der Waals surface area contributed by atoms with Crippen LogP contribution in [0.3, 0.4) is 0 Å². The van der Waals surface area contributed by atoms with E-state index in [1.807, 2.05) is 6.92 Å². The first kappa shape index (κ1) is 12.4. The highest BCUT2D eigenvalue weighted by atomic mass is 28.3. The van der Waals surface area contributed by atoms with Gasteiger partial charge in [0, 0.05) is 8.07 Å². The van der Waals surface area contributed by atoms with Crippen molar-refractivity contribution < 1.29 is 14.7 Å². The fraction of sp³-hybridized carbons (Fsp3) is 0.778. The molecule has 4 heteroatoms. The van der Waals surface area contributed by atoms with Crippen LogP contribution in [0.5, 0.6) is 0 Å². The highest BCUT2D eigenvalue weighted by molar-refractivity contribution is 6.78. The minimum atomic E-state index is -1.55. The van der Waals surface area contributed by atoms with Gasteiger partial charge in [-0.15, -0.1) is 0 Å². The van der Waals surface area contributed by atoms with Gasteiger partial charge in [0.15, 0.2) is 0 Å². The minimum absolute atomic E-state index is 0.0116. The summed E-state index contributed by atoms with van der Waals surface area (Å²) in [6.45, 7) is 9.46. The van der Waals surface area contributed by atoms with E-state index in [1.54, 1.807) is 0 Å². The molecule has 0 aliphatic rings. The predicted octanol–water partition coefficient (Wildman–Crippen LogP) is 2.00. The van der Waals surface area contributed by atoms with Crippen molar-refractivity contribution in [2.45, 2.75) is 39.0 Å². The molecule has 0 fully saturated rings. The van der Waals surface area contributed by atoms with Crippen LogP contribution < -0.4 is 0 Å². The Balaban J connectivity index is 4.77. The monoisotopic (exact) mass is 202 g/mol. The lowest BCUT2D eigenvalue weighted by atomic mass is 10.0. The lowest BCUT2D eigenvalue weighted by Crippen LogP contribution is -2.38. The molecular formula is C9H18O3Si. The second-order valence-electron chi connectivity index (χ2n) is 4.58. The van der Waals surface area contributed by atoms with Crippen molar-refractivity contribution >= 4 is 19.8 Å². The highest BCUT2D eigenvalue weighted by Gasteiger charge is 2.37. The summed E-state index contributed by atoms with van der Waals surface area (Å²) in [6, 6.07) is 0. The van der Waals surface area contributed by atoms with Gasteiger partial charge in [-0.3, -0.25) is 9.59 Å².